The molecular formula is C17H18F3N3O3S. The highest BCUT2D eigenvalue weighted by Crippen LogP contribution is 2.23. The first-order chi connectivity index (χ1) is 12.8. The molecule has 1 heterocycles. The van der Waals surface area contributed by atoms with Crippen LogP contribution in [0.1, 0.15) is 31.2 Å². The minimum absolute atomic E-state index is 0.0467. The van der Waals surface area contributed by atoms with Gasteiger partial charge in [-0.05, 0) is 43.4 Å². The summed E-state index contributed by atoms with van der Waals surface area (Å²) in [5, 5.41) is 0. The molecule has 0 spiro atoms. The molecule has 1 saturated carbocycles. The SMILES string of the molecule is O=S(=O)(Cc1cc(F)cc(F)c1)NC1CCC(Oc2ncc(F)cn2)CC1. The number of nitrogens with zero attached hydrogens (tertiary/aromatic N) is 2. The molecule has 0 unspecified atom stereocenters. The summed E-state index contributed by atoms with van der Waals surface area (Å²) in [6, 6.07) is 2.47. The lowest BCUT2D eigenvalue weighted by atomic mass is 9.94. The number of hydrogen-bond acceptors (Lipinski definition) is 5. The van der Waals surface area contributed by atoms with Crippen molar-refractivity contribution in [2.24, 2.45) is 0 Å². The molecule has 0 amide bonds. The molecule has 0 aliphatic heterocycles. The Bertz CT molecular complexity index is 866. The molecule has 0 saturated heterocycles. The van der Waals surface area contributed by atoms with Crippen molar-refractivity contribution in [3.05, 3.63) is 53.6 Å². The van der Waals surface area contributed by atoms with E-state index in [4.69, 9.17) is 4.74 Å². The molecule has 1 aliphatic rings. The van der Waals surface area contributed by atoms with Gasteiger partial charge in [0.2, 0.25) is 10.0 Å². The number of ether oxygens (including phenoxy) is 1. The topological polar surface area (TPSA) is 81.2 Å². The van der Waals surface area contributed by atoms with Crippen LogP contribution in [0.2, 0.25) is 0 Å². The zero-order chi connectivity index (χ0) is 19.4. The smallest absolute Gasteiger partial charge is 0.316 e. The maximum absolute atomic E-state index is 13.2. The normalized spacial score (nSPS) is 20.4. The van der Waals surface area contributed by atoms with Crippen molar-refractivity contribution in [1.82, 2.24) is 14.7 Å². The van der Waals surface area contributed by atoms with Gasteiger partial charge in [-0.2, -0.15) is 0 Å². The van der Waals surface area contributed by atoms with Crippen LogP contribution in [0.25, 0.3) is 0 Å². The summed E-state index contributed by atoms with van der Waals surface area (Å²) in [4.78, 5) is 7.46. The van der Waals surface area contributed by atoms with Crippen molar-refractivity contribution in [2.75, 3.05) is 0 Å². The van der Waals surface area contributed by atoms with Gasteiger partial charge in [-0.25, -0.2) is 36.3 Å². The lowest BCUT2D eigenvalue weighted by Gasteiger charge is -2.28. The van der Waals surface area contributed by atoms with Gasteiger partial charge >= 0.3 is 6.01 Å². The molecule has 0 radical (unpaired) electrons. The van der Waals surface area contributed by atoms with E-state index in [0.29, 0.717) is 31.7 Å². The Morgan fingerprint density at radius 2 is 1.56 bits per heavy atom. The number of halogens is 3. The Hall–Kier alpha value is -2.20. The Kier molecular flexibility index (Phi) is 5.95. The monoisotopic (exact) mass is 401 g/mol. The molecular weight excluding hydrogens is 383 g/mol. The van der Waals surface area contributed by atoms with Crippen molar-refractivity contribution >= 4 is 10.0 Å². The third kappa shape index (κ3) is 5.90. The number of benzene rings is 1. The highest BCUT2D eigenvalue weighted by Gasteiger charge is 2.26. The van der Waals surface area contributed by atoms with Crippen LogP contribution in [0.4, 0.5) is 13.2 Å². The third-order valence-corrected chi connectivity index (χ3v) is 5.57. The van der Waals surface area contributed by atoms with Gasteiger partial charge < -0.3 is 4.74 Å². The second-order valence-electron chi connectivity index (χ2n) is 6.43. The molecule has 1 aromatic carbocycles. The zero-order valence-electron chi connectivity index (χ0n) is 14.2. The number of sulfonamides is 1. The minimum atomic E-state index is -3.74. The van der Waals surface area contributed by atoms with Gasteiger partial charge in [0, 0.05) is 12.1 Å². The lowest BCUT2D eigenvalue weighted by Crippen LogP contribution is -2.40. The van der Waals surface area contributed by atoms with Crippen molar-refractivity contribution in [3.8, 4) is 6.01 Å². The average molecular weight is 401 g/mol. The van der Waals surface area contributed by atoms with Crippen molar-refractivity contribution in [1.29, 1.82) is 0 Å². The van der Waals surface area contributed by atoms with E-state index < -0.39 is 33.2 Å². The molecule has 1 aromatic heterocycles. The maximum atomic E-state index is 13.2. The average Bonchev–Trinajstić information content (AvgIpc) is 2.57. The fourth-order valence-corrected chi connectivity index (χ4v) is 4.45. The fourth-order valence-electron chi connectivity index (χ4n) is 3.02. The molecule has 1 N–H and O–H groups in total. The van der Waals surface area contributed by atoms with Crippen molar-refractivity contribution in [2.45, 2.75) is 43.6 Å². The van der Waals surface area contributed by atoms with E-state index in [1.165, 1.54) is 0 Å². The van der Waals surface area contributed by atoms with Gasteiger partial charge in [0.15, 0.2) is 5.82 Å². The first kappa shape index (κ1) is 19.6. The van der Waals surface area contributed by atoms with Crippen LogP contribution in [0.3, 0.4) is 0 Å². The van der Waals surface area contributed by atoms with Crippen LogP contribution in [-0.4, -0.2) is 30.5 Å². The summed E-state index contributed by atoms with van der Waals surface area (Å²) in [7, 11) is -3.74. The van der Waals surface area contributed by atoms with Crippen molar-refractivity contribution in [3.63, 3.8) is 0 Å². The highest BCUT2D eigenvalue weighted by atomic mass is 32.2. The van der Waals surface area contributed by atoms with E-state index in [1.54, 1.807) is 0 Å². The number of nitrogens with one attached hydrogen (secondary N) is 1. The first-order valence-corrected chi connectivity index (χ1v) is 10.0. The predicted octanol–water partition coefficient (Wildman–Crippen LogP) is 2.70. The summed E-state index contributed by atoms with van der Waals surface area (Å²) in [6.45, 7) is 0. The van der Waals surface area contributed by atoms with Crippen LogP contribution in [0.5, 0.6) is 6.01 Å². The molecule has 6 nitrogen and oxygen atoms in total. The Labute approximate surface area is 154 Å². The Morgan fingerprint density at radius 1 is 0.963 bits per heavy atom. The standard InChI is InChI=1S/C17H18F3N3O3S/c18-12-5-11(6-13(19)7-12)10-27(24,25)23-15-1-3-16(4-2-15)26-17-21-8-14(20)9-22-17/h5-9,15-16,23H,1-4,10H2. The van der Waals surface area contributed by atoms with Crippen LogP contribution < -0.4 is 9.46 Å². The Morgan fingerprint density at radius 3 is 2.15 bits per heavy atom. The van der Waals surface area contributed by atoms with Crippen LogP contribution in [-0.2, 0) is 15.8 Å². The number of aromatic nitrogens is 2. The van der Waals surface area contributed by atoms with Gasteiger partial charge in [0.25, 0.3) is 0 Å². The molecule has 0 atom stereocenters. The van der Waals surface area contributed by atoms with Crippen LogP contribution in [0.15, 0.2) is 30.6 Å². The quantitative estimate of drug-likeness (QED) is 0.805. The predicted molar refractivity (Wildman–Crippen MR) is 90.8 cm³/mol. The molecule has 10 heteroatoms. The summed E-state index contributed by atoms with van der Waals surface area (Å²) in [6.07, 6.45) is 4.04. The van der Waals surface area contributed by atoms with E-state index >= 15 is 0 Å². The maximum Gasteiger partial charge on any atom is 0.316 e. The fraction of sp³-hybridized carbons (Fsp3) is 0.412. The third-order valence-electron chi connectivity index (χ3n) is 4.17. The molecule has 27 heavy (non-hydrogen) atoms. The largest absolute Gasteiger partial charge is 0.460 e. The molecule has 3 rings (SSSR count). The number of rotatable bonds is 6. The van der Waals surface area contributed by atoms with Crippen LogP contribution >= 0.6 is 0 Å². The van der Waals surface area contributed by atoms with Crippen molar-refractivity contribution < 1.29 is 26.3 Å². The van der Waals surface area contributed by atoms with E-state index in [9.17, 15) is 21.6 Å². The van der Waals surface area contributed by atoms with E-state index in [1.807, 2.05) is 0 Å². The minimum Gasteiger partial charge on any atom is -0.460 e. The summed E-state index contributed by atoms with van der Waals surface area (Å²) >= 11 is 0. The van der Waals surface area contributed by atoms with E-state index in [0.717, 1.165) is 24.5 Å². The summed E-state index contributed by atoms with van der Waals surface area (Å²) in [5.74, 6) is -2.69. The van der Waals surface area contributed by atoms with Gasteiger partial charge in [0.1, 0.15) is 17.7 Å². The van der Waals surface area contributed by atoms with Crippen LogP contribution in [0, 0.1) is 17.5 Å². The lowest BCUT2D eigenvalue weighted by molar-refractivity contribution is 0.132. The molecule has 0 bridgehead atoms. The number of hydrogen-bond donors (Lipinski definition) is 1. The molecule has 1 fully saturated rings. The summed E-state index contributed by atoms with van der Waals surface area (Å²) < 4.78 is 71.8. The second-order valence-corrected chi connectivity index (χ2v) is 8.18. The van der Waals surface area contributed by atoms with Gasteiger partial charge in [-0.15, -0.1) is 0 Å². The van der Waals surface area contributed by atoms with E-state index in [-0.39, 0.29) is 23.7 Å². The second kappa shape index (κ2) is 8.22. The summed E-state index contributed by atoms with van der Waals surface area (Å²) in [5.41, 5.74) is 0.0467. The van der Waals surface area contributed by atoms with E-state index in [2.05, 4.69) is 14.7 Å². The Balaban J connectivity index is 1.51. The molecule has 2 aromatic rings. The molecule has 1 aliphatic carbocycles. The first-order valence-electron chi connectivity index (χ1n) is 8.38. The van der Waals surface area contributed by atoms with Gasteiger partial charge in [-0.3, -0.25) is 0 Å². The van der Waals surface area contributed by atoms with Gasteiger partial charge in [0.05, 0.1) is 18.1 Å². The highest BCUT2D eigenvalue weighted by molar-refractivity contribution is 7.88. The zero-order valence-corrected chi connectivity index (χ0v) is 15.1. The molecule has 146 valence electrons. The van der Waals surface area contributed by atoms with Gasteiger partial charge in [-0.1, -0.05) is 0 Å².